The van der Waals surface area contributed by atoms with Crippen LogP contribution < -0.4 is 5.46 Å². The number of hydrogen-bond donors (Lipinski definition) is 0. The highest BCUT2D eigenvalue weighted by atomic mass is 13.9. The molecular weight excluding hydrogens is 131 g/mol. The molecule has 1 aromatic rings. The largest absolute Gasteiger partial charge is 0.169 e. The summed E-state index contributed by atoms with van der Waals surface area (Å²) in [5, 5.41) is 0. The molecule has 0 radical (unpaired) electrons. The highest BCUT2D eigenvalue weighted by Gasteiger charge is 2.00. The third-order valence-electron chi connectivity index (χ3n) is 2.05. The second-order valence-corrected chi connectivity index (χ2v) is 3.25. The highest BCUT2D eigenvalue weighted by Crippen LogP contribution is 1.97. The Bertz CT molecular complexity index is 211. The lowest BCUT2D eigenvalue weighted by Gasteiger charge is -2.02. The fraction of sp³-hybridized carbons (Fsp3) is 0.400. The van der Waals surface area contributed by atoms with Crippen LogP contribution in [0.3, 0.4) is 0 Å². The van der Waals surface area contributed by atoms with Gasteiger partial charge < -0.3 is 0 Å². The standard InChI is InChI=1S/C10H15B/c1-4-9-5-7-10(8-6-9)11(2)3/h5-8H,4H2,1-3H3. The maximum atomic E-state index is 2.23. The summed E-state index contributed by atoms with van der Waals surface area (Å²) in [6.45, 7) is 7.28. The Morgan fingerprint density at radius 2 is 1.64 bits per heavy atom. The van der Waals surface area contributed by atoms with E-state index in [9.17, 15) is 0 Å². The van der Waals surface area contributed by atoms with Gasteiger partial charge in [0, 0.05) is 0 Å². The fourth-order valence-corrected chi connectivity index (χ4v) is 1.14. The van der Waals surface area contributed by atoms with Crippen molar-refractivity contribution < 1.29 is 0 Å². The third-order valence-corrected chi connectivity index (χ3v) is 2.05. The van der Waals surface area contributed by atoms with E-state index in [1.54, 1.807) is 0 Å². The van der Waals surface area contributed by atoms with Crippen LogP contribution in [0.25, 0.3) is 0 Å². The first-order valence-corrected chi connectivity index (χ1v) is 4.33. The van der Waals surface area contributed by atoms with Gasteiger partial charge in [0.25, 0.3) is 0 Å². The lowest BCUT2D eigenvalue weighted by molar-refractivity contribution is 1.14. The molecule has 0 spiro atoms. The van der Waals surface area contributed by atoms with Crippen molar-refractivity contribution in [3.8, 4) is 0 Å². The molecule has 0 unspecified atom stereocenters. The van der Waals surface area contributed by atoms with Gasteiger partial charge in [-0.15, -0.1) is 0 Å². The highest BCUT2D eigenvalue weighted by molar-refractivity contribution is 6.70. The van der Waals surface area contributed by atoms with Crippen LogP contribution in [0.5, 0.6) is 0 Å². The molecule has 0 nitrogen and oxygen atoms in total. The molecular formula is C10H15B. The predicted octanol–water partition coefficient (Wildman–Crippen LogP) is 2.21. The molecule has 0 fully saturated rings. The summed E-state index contributed by atoms with van der Waals surface area (Å²) in [6.07, 6.45) is 1.14. The van der Waals surface area contributed by atoms with Crippen LogP contribution in [0.2, 0.25) is 13.6 Å². The number of aryl methyl sites for hydroxylation is 1. The molecule has 58 valence electrons. The normalized spacial score (nSPS) is 9.73. The van der Waals surface area contributed by atoms with Gasteiger partial charge in [-0.2, -0.15) is 0 Å². The Morgan fingerprint density at radius 3 is 2.00 bits per heavy atom. The summed E-state index contributed by atoms with van der Waals surface area (Å²) >= 11 is 0. The van der Waals surface area contributed by atoms with E-state index in [0.29, 0.717) is 6.71 Å². The summed E-state index contributed by atoms with van der Waals surface area (Å²) in [5.41, 5.74) is 2.86. The lowest BCUT2D eigenvalue weighted by atomic mass is 9.49. The quantitative estimate of drug-likeness (QED) is 0.561. The molecule has 0 saturated heterocycles. The number of benzene rings is 1. The molecule has 11 heavy (non-hydrogen) atoms. The van der Waals surface area contributed by atoms with Gasteiger partial charge in [0.15, 0.2) is 6.71 Å². The van der Waals surface area contributed by atoms with Gasteiger partial charge in [-0.25, -0.2) is 0 Å². The zero-order valence-electron chi connectivity index (χ0n) is 7.59. The van der Waals surface area contributed by atoms with Crippen LogP contribution in [0.1, 0.15) is 12.5 Å². The zero-order valence-corrected chi connectivity index (χ0v) is 7.59. The van der Waals surface area contributed by atoms with Crippen molar-refractivity contribution in [1.82, 2.24) is 0 Å². The van der Waals surface area contributed by atoms with Crippen LogP contribution in [0.4, 0.5) is 0 Å². The first kappa shape index (κ1) is 8.38. The third kappa shape index (κ3) is 2.11. The molecule has 0 N–H and O–H groups in total. The summed E-state index contributed by atoms with van der Waals surface area (Å²) in [4.78, 5) is 0. The maximum Gasteiger partial charge on any atom is 0.169 e. The maximum absolute atomic E-state index is 2.23. The van der Waals surface area contributed by atoms with Crippen LogP contribution in [-0.4, -0.2) is 6.71 Å². The molecule has 0 saturated carbocycles. The van der Waals surface area contributed by atoms with E-state index < -0.39 is 0 Å². The summed E-state index contributed by atoms with van der Waals surface area (Å²) in [7, 11) is 0. The predicted molar refractivity (Wildman–Crippen MR) is 52.9 cm³/mol. The van der Waals surface area contributed by atoms with Crippen LogP contribution in [-0.2, 0) is 6.42 Å². The molecule has 0 aliphatic rings. The molecule has 0 heterocycles. The Kier molecular flexibility index (Phi) is 2.75. The molecule has 1 rings (SSSR count). The van der Waals surface area contributed by atoms with Gasteiger partial charge in [0.05, 0.1) is 0 Å². The minimum Gasteiger partial charge on any atom is -0.0819 e. The van der Waals surface area contributed by atoms with Gasteiger partial charge >= 0.3 is 0 Å². The molecule has 0 aromatic heterocycles. The minimum absolute atomic E-state index is 0.654. The van der Waals surface area contributed by atoms with E-state index in [1.807, 2.05) is 0 Å². The summed E-state index contributed by atoms with van der Waals surface area (Å²) in [5.74, 6) is 0. The van der Waals surface area contributed by atoms with Crippen molar-refractivity contribution in [3.05, 3.63) is 29.8 Å². The van der Waals surface area contributed by atoms with Crippen LogP contribution in [0, 0.1) is 0 Å². The molecule has 0 aliphatic heterocycles. The van der Waals surface area contributed by atoms with Gasteiger partial charge in [-0.05, 0) is 12.0 Å². The average Bonchev–Trinajstić information content (AvgIpc) is 2.05. The van der Waals surface area contributed by atoms with E-state index in [1.165, 1.54) is 11.0 Å². The van der Waals surface area contributed by atoms with Gasteiger partial charge in [0.1, 0.15) is 0 Å². The van der Waals surface area contributed by atoms with Gasteiger partial charge in [-0.1, -0.05) is 50.3 Å². The molecule has 1 heteroatoms. The van der Waals surface area contributed by atoms with Gasteiger partial charge in [0.2, 0.25) is 0 Å². The molecule has 0 atom stereocenters. The van der Waals surface area contributed by atoms with E-state index >= 15 is 0 Å². The SMILES string of the molecule is CCc1ccc(B(C)C)cc1. The average molecular weight is 146 g/mol. The fourth-order valence-electron chi connectivity index (χ4n) is 1.14. The van der Waals surface area contributed by atoms with Crippen molar-refractivity contribution in [3.63, 3.8) is 0 Å². The first-order valence-electron chi connectivity index (χ1n) is 4.33. The molecule has 1 aromatic carbocycles. The number of rotatable bonds is 2. The molecule has 0 bridgehead atoms. The van der Waals surface area contributed by atoms with Crippen molar-refractivity contribution >= 4 is 12.2 Å². The van der Waals surface area contributed by atoms with Crippen LogP contribution in [0.15, 0.2) is 24.3 Å². The van der Waals surface area contributed by atoms with Crippen molar-refractivity contribution in [2.24, 2.45) is 0 Å². The topological polar surface area (TPSA) is 0 Å². The zero-order chi connectivity index (χ0) is 8.27. The van der Waals surface area contributed by atoms with Crippen molar-refractivity contribution in [1.29, 1.82) is 0 Å². The van der Waals surface area contributed by atoms with Crippen molar-refractivity contribution in [2.45, 2.75) is 27.0 Å². The Labute approximate surface area is 69.7 Å². The smallest absolute Gasteiger partial charge is 0.0819 e. The van der Waals surface area contributed by atoms with E-state index in [-0.39, 0.29) is 0 Å². The van der Waals surface area contributed by atoms with Crippen LogP contribution >= 0.6 is 0 Å². The Hall–Kier alpha value is -0.715. The molecule has 0 aliphatic carbocycles. The Morgan fingerprint density at radius 1 is 1.09 bits per heavy atom. The van der Waals surface area contributed by atoms with E-state index in [0.717, 1.165) is 6.42 Å². The second-order valence-electron chi connectivity index (χ2n) is 3.25. The minimum atomic E-state index is 0.654. The lowest BCUT2D eigenvalue weighted by Crippen LogP contribution is -2.21. The van der Waals surface area contributed by atoms with Crippen molar-refractivity contribution in [2.75, 3.05) is 0 Å². The Balaban J connectivity index is 2.83. The number of hydrogen-bond acceptors (Lipinski definition) is 0. The second kappa shape index (κ2) is 3.61. The summed E-state index contributed by atoms with van der Waals surface area (Å²) in [6, 6.07) is 8.89. The molecule has 0 amide bonds. The monoisotopic (exact) mass is 146 g/mol. The van der Waals surface area contributed by atoms with E-state index in [4.69, 9.17) is 0 Å². The van der Waals surface area contributed by atoms with E-state index in [2.05, 4.69) is 44.8 Å². The van der Waals surface area contributed by atoms with Gasteiger partial charge in [-0.3, -0.25) is 0 Å². The first-order chi connectivity index (χ1) is 5.24. The summed E-state index contributed by atoms with van der Waals surface area (Å²) < 4.78 is 0.